The lowest BCUT2D eigenvalue weighted by molar-refractivity contribution is -0.150. The summed E-state index contributed by atoms with van der Waals surface area (Å²) in [7, 11) is 0. The maximum absolute atomic E-state index is 12.5. The number of aliphatic hydroxyl groups excluding tert-OH is 1. The topological polar surface area (TPSA) is 57.5 Å². The van der Waals surface area contributed by atoms with Crippen molar-refractivity contribution in [3.8, 4) is 0 Å². The van der Waals surface area contributed by atoms with Crippen LogP contribution >= 0.6 is 0 Å². The Morgan fingerprint density at radius 3 is 2.33 bits per heavy atom. The lowest BCUT2D eigenvalue weighted by Crippen LogP contribution is -2.30. The van der Waals surface area contributed by atoms with Gasteiger partial charge in [0.25, 0.3) is 0 Å². The third-order valence-electron chi connectivity index (χ3n) is 1.03. The Balaban J connectivity index is 3.85. The van der Waals surface area contributed by atoms with Crippen LogP contribution in [0.4, 0.5) is 4.39 Å². The number of hydrogen-bond acceptors (Lipinski definition) is 2. The van der Waals surface area contributed by atoms with Gasteiger partial charge in [-0.3, -0.25) is 0 Å². The minimum atomic E-state index is -2.28. The predicted octanol–water partition coefficient (Wildman–Crippen LogP) is 0.182. The van der Waals surface area contributed by atoms with E-state index in [2.05, 4.69) is 0 Å². The second kappa shape index (κ2) is 2.77. The second-order valence-electron chi connectivity index (χ2n) is 1.98. The van der Waals surface area contributed by atoms with Gasteiger partial charge in [-0.2, -0.15) is 0 Å². The summed E-state index contributed by atoms with van der Waals surface area (Å²) >= 11 is 0. The monoisotopic (exact) mass is 136 g/mol. The van der Waals surface area contributed by atoms with Gasteiger partial charge >= 0.3 is 5.97 Å². The summed E-state index contributed by atoms with van der Waals surface area (Å²) in [5.74, 6) is -1.53. The fourth-order valence-corrected chi connectivity index (χ4v) is 0.317. The van der Waals surface area contributed by atoms with E-state index in [0.717, 1.165) is 6.92 Å². The highest BCUT2D eigenvalue weighted by molar-refractivity contribution is 5.76. The second-order valence-corrected chi connectivity index (χ2v) is 1.98. The SMILES string of the molecule is CC(F)(CCO)C(=O)O. The molecule has 0 rings (SSSR count). The van der Waals surface area contributed by atoms with Gasteiger partial charge in [-0.1, -0.05) is 0 Å². The van der Waals surface area contributed by atoms with E-state index >= 15 is 0 Å². The molecule has 1 atom stereocenters. The average Bonchev–Trinajstić information content (AvgIpc) is 1.65. The van der Waals surface area contributed by atoms with E-state index in [0.29, 0.717) is 0 Å². The molecule has 54 valence electrons. The molecule has 0 saturated carbocycles. The van der Waals surface area contributed by atoms with Gasteiger partial charge in [0, 0.05) is 13.0 Å². The lowest BCUT2D eigenvalue weighted by Gasteiger charge is -2.11. The smallest absolute Gasteiger partial charge is 0.341 e. The van der Waals surface area contributed by atoms with Crippen molar-refractivity contribution in [2.24, 2.45) is 0 Å². The molecule has 0 fully saturated rings. The van der Waals surface area contributed by atoms with Crippen molar-refractivity contribution >= 4 is 5.97 Å². The third-order valence-corrected chi connectivity index (χ3v) is 1.03. The normalized spacial score (nSPS) is 16.8. The van der Waals surface area contributed by atoms with Crippen LogP contribution in [0.5, 0.6) is 0 Å². The van der Waals surface area contributed by atoms with Gasteiger partial charge < -0.3 is 10.2 Å². The molecule has 0 bridgehead atoms. The Labute approximate surface area is 52.1 Å². The zero-order valence-corrected chi connectivity index (χ0v) is 5.09. The van der Waals surface area contributed by atoms with E-state index in [-0.39, 0.29) is 6.42 Å². The molecule has 9 heavy (non-hydrogen) atoms. The summed E-state index contributed by atoms with van der Waals surface area (Å²) in [5.41, 5.74) is -2.28. The molecule has 0 saturated heterocycles. The summed E-state index contributed by atoms with van der Waals surface area (Å²) < 4.78 is 12.5. The Bertz CT molecular complexity index is 111. The summed E-state index contributed by atoms with van der Waals surface area (Å²) in [6.07, 6.45) is -0.359. The first-order chi connectivity index (χ1) is 4.00. The van der Waals surface area contributed by atoms with E-state index in [4.69, 9.17) is 10.2 Å². The van der Waals surface area contributed by atoms with Gasteiger partial charge in [-0.15, -0.1) is 0 Å². The van der Waals surface area contributed by atoms with Gasteiger partial charge in [0.15, 0.2) is 0 Å². The van der Waals surface area contributed by atoms with E-state index in [1.807, 2.05) is 0 Å². The number of carboxylic acid groups (broad SMARTS) is 1. The maximum Gasteiger partial charge on any atom is 0.341 e. The largest absolute Gasteiger partial charge is 0.479 e. The Hall–Kier alpha value is -0.640. The number of carboxylic acids is 1. The molecule has 0 heterocycles. The number of aliphatic hydroxyl groups is 1. The third kappa shape index (κ3) is 2.41. The molecule has 1 unspecified atom stereocenters. The minimum absolute atomic E-state index is 0.359. The molecular formula is C5H9FO3. The Morgan fingerprint density at radius 1 is 1.78 bits per heavy atom. The molecule has 0 radical (unpaired) electrons. The van der Waals surface area contributed by atoms with Crippen molar-refractivity contribution < 1.29 is 19.4 Å². The minimum Gasteiger partial charge on any atom is -0.479 e. The van der Waals surface area contributed by atoms with Crippen LogP contribution in [0.25, 0.3) is 0 Å². The van der Waals surface area contributed by atoms with Crippen LogP contribution < -0.4 is 0 Å². The molecule has 2 N–H and O–H groups in total. The molecule has 3 nitrogen and oxygen atoms in total. The van der Waals surface area contributed by atoms with Crippen molar-refractivity contribution in [2.75, 3.05) is 6.61 Å². The fourth-order valence-electron chi connectivity index (χ4n) is 0.317. The molecule has 0 aromatic carbocycles. The summed E-state index contributed by atoms with van der Waals surface area (Å²) in [6, 6.07) is 0. The van der Waals surface area contributed by atoms with Gasteiger partial charge in [0.05, 0.1) is 0 Å². The summed E-state index contributed by atoms with van der Waals surface area (Å²) in [6.45, 7) is 0.477. The zero-order chi connectivity index (χ0) is 7.49. The standard InChI is InChI=1S/C5H9FO3/c1-5(6,2-3-7)4(8)9/h7H,2-3H2,1H3,(H,8,9). The predicted molar refractivity (Wildman–Crippen MR) is 28.9 cm³/mol. The van der Waals surface area contributed by atoms with E-state index < -0.39 is 18.2 Å². The summed E-state index contributed by atoms with van der Waals surface area (Å²) in [4.78, 5) is 9.92. The number of alkyl halides is 1. The molecule has 4 heteroatoms. The fraction of sp³-hybridized carbons (Fsp3) is 0.800. The van der Waals surface area contributed by atoms with Gasteiger partial charge in [0.1, 0.15) is 0 Å². The van der Waals surface area contributed by atoms with Gasteiger partial charge in [-0.25, -0.2) is 9.18 Å². The van der Waals surface area contributed by atoms with Gasteiger partial charge in [-0.05, 0) is 6.92 Å². The van der Waals surface area contributed by atoms with Crippen molar-refractivity contribution in [3.63, 3.8) is 0 Å². The number of halogens is 1. The average molecular weight is 136 g/mol. The maximum atomic E-state index is 12.5. The van der Waals surface area contributed by atoms with Gasteiger partial charge in [0.2, 0.25) is 5.67 Å². The highest BCUT2D eigenvalue weighted by Gasteiger charge is 2.31. The number of rotatable bonds is 3. The first-order valence-electron chi connectivity index (χ1n) is 2.54. The van der Waals surface area contributed by atoms with Crippen LogP contribution in [0.2, 0.25) is 0 Å². The van der Waals surface area contributed by atoms with Crippen LogP contribution in [0, 0.1) is 0 Å². The number of aliphatic carboxylic acids is 1. The van der Waals surface area contributed by atoms with Crippen LogP contribution in [0.15, 0.2) is 0 Å². The van der Waals surface area contributed by atoms with Crippen LogP contribution in [0.1, 0.15) is 13.3 Å². The quantitative estimate of drug-likeness (QED) is 0.582. The molecular weight excluding hydrogens is 127 g/mol. The van der Waals surface area contributed by atoms with Crippen LogP contribution in [-0.4, -0.2) is 28.5 Å². The first-order valence-corrected chi connectivity index (χ1v) is 2.54. The van der Waals surface area contributed by atoms with Crippen molar-refractivity contribution in [3.05, 3.63) is 0 Å². The molecule has 0 aliphatic carbocycles. The zero-order valence-electron chi connectivity index (χ0n) is 5.09. The van der Waals surface area contributed by atoms with E-state index in [9.17, 15) is 9.18 Å². The van der Waals surface area contributed by atoms with E-state index in [1.54, 1.807) is 0 Å². The lowest BCUT2D eigenvalue weighted by atomic mass is 10.1. The van der Waals surface area contributed by atoms with Crippen molar-refractivity contribution in [1.29, 1.82) is 0 Å². The van der Waals surface area contributed by atoms with Crippen LogP contribution in [0.3, 0.4) is 0 Å². The highest BCUT2D eigenvalue weighted by Crippen LogP contribution is 2.13. The Kier molecular flexibility index (Phi) is 2.58. The molecule has 0 amide bonds. The first kappa shape index (κ1) is 8.36. The Morgan fingerprint density at radius 2 is 2.22 bits per heavy atom. The van der Waals surface area contributed by atoms with E-state index in [1.165, 1.54) is 0 Å². The molecule has 0 aromatic rings. The molecule has 0 aromatic heterocycles. The summed E-state index contributed by atoms with van der Waals surface area (Å²) in [5, 5.41) is 16.2. The van der Waals surface area contributed by atoms with Crippen molar-refractivity contribution in [1.82, 2.24) is 0 Å². The number of hydrogen-bond donors (Lipinski definition) is 2. The van der Waals surface area contributed by atoms with Crippen LogP contribution in [-0.2, 0) is 4.79 Å². The molecule has 0 aliphatic heterocycles. The number of carbonyl (C=O) groups is 1. The van der Waals surface area contributed by atoms with Crippen molar-refractivity contribution in [2.45, 2.75) is 19.0 Å². The molecule has 0 aliphatic rings. The molecule has 0 spiro atoms. The highest BCUT2D eigenvalue weighted by atomic mass is 19.1.